The first-order valence-electron chi connectivity index (χ1n) is 11.7. The number of nitrogens with zero attached hydrogens (tertiary/aromatic N) is 2. The Morgan fingerprint density at radius 2 is 1.82 bits per heavy atom. The topological polar surface area (TPSA) is 38.0 Å². The van der Waals surface area contributed by atoms with Crippen molar-refractivity contribution in [2.75, 3.05) is 0 Å². The summed E-state index contributed by atoms with van der Waals surface area (Å²) in [6.07, 6.45) is 6.33. The lowest BCUT2D eigenvalue weighted by atomic mass is 9.67. The third kappa shape index (κ3) is 3.08. The highest BCUT2D eigenvalue weighted by Gasteiger charge is 2.48. The summed E-state index contributed by atoms with van der Waals surface area (Å²) in [6.45, 7) is 4.36. The molecule has 2 aliphatic rings. The van der Waals surface area contributed by atoms with Crippen LogP contribution < -0.4 is 0 Å². The minimum absolute atomic E-state index is 0.0634. The number of hydrogen-bond acceptors (Lipinski definition) is 2. The van der Waals surface area contributed by atoms with Gasteiger partial charge in [0.1, 0.15) is 5.82 Å². The van der Waals surface area contributed by atoms with Crippen molar-refractivity contribution in [2.45, 2.75) is 39.2 Å². The Morgan fingerprint density at radius 1 is 1.06 bits per heavy atom. The second-order valence-corrected chi connectivity index (χ2v) is 9.84. The first kappa shape index (κ1) is 20.4. The molecular formula is C29H27FN2O. The largest absolute Gasteiger partial charge is 0.388 e. The van der Waals surface area contributed by atoms with Crippen LogP contribution in [0.1, 0.15) is 48.3 Å². The fourth-order valence-corrected chi connectivity index (χ4v) is 6.04. The molecule has 4 heteroatoms. The van der Waals surface area contributed by atoms with Crippen LogP contribution in [0.2, 0.25) is 0 Å². The van der Waals surface area contributed by atoms with E-state index >= 15 is 0 Å². The molecule has 0 aliphatic heterocycles. The quantitative estimate of drug-likeness (QED) is 0.393. The van der Waals surface area contributed by atoms with E-state index in [0.29, 0.717) is 5.39 Å². The summed E-state index contributed by atoms with van der Waals surface area (Å²) in [4.78, 5) is 0. The number of halogens is 1. The summed E-state index contributed by atoms with van der Waals surface area (Å²) >= 11 is 0. The van der Waals surface area contributed by atoms with Crippen molar-refractivity contribution in [3.8, 4) is 5.69 Å². The van der Waals surface area contributed by atoms with Gasteiger partial charge >= 0.3 is 0 Å². The Bertz CT molecular complexity index is 1400. The third-order valence-corrected chi connectivity index (χ3v) is 7.91. The van der Waals surface area contributed by atoms with Gasteiger partial charge in [0.2, 0.25) is 0 Å². The van der Waals surface area contributed by atoms with Crippen molar-refractivity contribution in [3.63, 3.8) is 0 Å². The number of hydrogen-bond donors (Lipinski definition) is 1. The average molecular weight is 439 g/mol. The fourth-order valence-electron chi connectivity index (χ4n) is 6.04. The Morgan fingerprint density at radius 3 is 2.61 bits per heavy atom. The molecule has 1 unspecified atom stereocenters. The minimum atomic E-state index is -0.653. The van der Waals surface area contributed by atoms with Gasteiger partial charge in [-0.2, -0.15) is 5.10 Å². The molecule has 0 amide bonds. The zero-order chi connectivity index (χ0) is 22.7. The number of allylic oxidation sites excluding steroid dienone is 1. The van der Waals surface area contributed by atoms with Crippen molar-refractivity contribution in [3.05, 3.63) is 101 Å². The molecule has 0 saturated heterocycles. The van der Waals surface area contributed by atoms with E-state index in [-0.39, 0.29) is 17.2 Å². The van der Waals surface area contributed by atoms with Crippen molar-refractivity contribution >= 4 is 16.8 Å². The molecule has 2 aliphatic carbocycles. The van der Waals surface area contributed by atoms with Crippen LogP contribution in [0, 0.1) is 24.1 Å². The predicted octanol–water partition coefficient (Wildman–Crippen LogP) is 6.56. The SMILES string of the molecule is Cc1ccc(-n2ncc3c2C=C2CC[C@H](C(O)c4ccc(F)c5ccccc45)[C@@]2(C)C3)cc1. The molecule has 1 N–H and O–H groups in total. The van der Waals surface area contributed by atoms with E-state index in [1.165, 1.54) is 22.8 Å². The van der Waals surface area contributed by atoms with Crippen LogP contribution in [-0.4, -0.2) is 14.9 Å². The lowest BCUT2D eigenvalue weighted by Crippen LogP contribution is -2.32. The van der Waals surface area contributed by atoms with Gasteiger partial charge in [-0.1, -0.05) is 60.5 Å². The highest BCUT2D eigenvalue weighted by molar-refractivity contribution is 5.86. The number of aromatic nitrogens is 2. The van der Waals surface area contributed by atoms with Crippen LogP contribution >= 0.6 is 0 Å². The maximum Gasteiger partial charge on any atom is 0.131 e. The summed E-state index contributed by atoms with van der Waals surface area (Å²) in [5, 5.41) is 17.7. The van der Waals surface area contributed by atoms with Crippen LogP contribution in [0.5, 0.6) is 0 Å². The zero-order valence-electron chi connectivity index (χ0n) is 18.9. The number of benzene rings is 3. The molecule has 3 atom stereocenters. The molecule has 0 bridgehead atoms. The minimum Gasteiger partial charge on any atom is -0.388 e. The highest BCUT2D eigenvalue weighted by Crippen LogP contribution is 2.57. The summed E-state index contributed by atoms with van der Waals surface area (Å²) in [5.74, 6) is -0.181. The molecule has 0 radical (unpaired) electrons. The second-order valence-electron chi connectivity index (χ2n) is 9.84. The fraction of sp³-hybridized carbons (Fsp3) is 0.276. The average Bonchev–Trinajstić information content (AvgIpc) is 3.37. The smallest absolute Gasteiger partial charge is 0.131 e. The normalized spacial score (nSPS) is 22.7. The van der Waals surface area contributed by atoms with E-state index in [1.54, 1.807) is 12.1 Å². The van der Waals surface area contributed by atoms with E-state index < -0.39 is 6.10 Å². The molecule has 1 fully saturated rings. The van der Waals surface area contributed by atoms with Crippen molar-refractivity contribution in [2.24, 2.45) is 11.3 Å². The number of fused-ring (bicyclic) bond motifs is 3. The van der Waals surface area contributed by atoms with E-state index in [9.17, 15) is 9.50 Å². The summed E-state index contributed by atoms with van der Waals surface area (Å²) in [5.41, 5.74) is 6.70. The van der Waals surface area contributed by atoms with Gasteiger partial charge < -0.3 is 5.11 Å². The van der Waals surface area contributed by atoms with Gasteiger partial charge in [-0.05, 0) is 78.3 Å². The van der Waals surface area contributed by atoms with Crippen molar-refractivity contribution < 1.29 is 9.50 Å². The summed E-state index contributed by atoms with van der Waals surface area (Å²) < 4.78 is 16.4. The third-order valence-electron chi connectivity index (χ3n) is 7.91. The molecule has 0 spiro atoms. The van der Waals surface area contributed by atoms with Gasteiger partial charge in [-0.15, -0.1) is 0 Å². The Labute approximate surface area is 193 Å². The van der Waals surface area contributed by atoms with E-state index in [1.807, 2.05) is 29.1 Å². The number of aliphatic hydroxyl groups excluding tert-OH is 1. The Kier molecular flexibility index (Phi) is 4.56. The molecule has 1 aromatic heterocycles. The molecular weight excluding hydrogens is 411 g/mol. The van der Waals surface area contributed by atoms with Crippen LogP contribution in [0.3, 0.4) is 0 Å². The molecule has 166 valence electrons. The van der Waals surface area contributed by atoms with Crippen LogP contribution in [0.25, 0.3) is 22.5 Å². The molecule has 1 heterocycles. The van der Waals surface area contributed by atoms with Crippen LogP contribution in [0.4, 0.5) is 4.39 Å². The van der Waals surface area contributed by atoms with Crippen molar-refractivity contribution in [1.29, 1.82) is 0 Å². The maximum atomic E-state index is 14.4. The number of aliphatic hydroxyl groups is 1. The van der Waals surface area contributed by atoms with Crippen LogP contribution in [-0.2, 0) is 6.42 Å². The van der Waals surface area contributed by atoms with Gasteiger partial charge in [0.15, 0.2) is 0 Å². The van der Waals surface area contributed by atoms with Gasteiger partial charge in [0.25, 0.3) is 0 Å². The first-order valence-corrected chi connectivity index (χ1v) is 11.7. The lowest BCUT2D eigenvalue weighted by molar-refractivity contribution is 0.0566. The standard InChI is InChI=1S/C29H27FN2O/c1-18-7-10-21(11-8-18)32-27-15-20-9-13-25(29(20,2)16-19(27)17-31-32)28(33)24-12-14-26(30)23-6-4-3-5-22(23)24/h3-8,10-12,14-15,17,25,28,33H,9,13,16H2,1-2H3/t25-,28?,29+/m1/s1. The molecule has 33 heavy (non-hydrogen) atoms. The Hall–Kier alpha value is -3.24. The number of rotatable bonds is 3. The summed E-state index contributed by atoms with van der Waals surface area (Å²) in [6, 6.07) is 19.1. The van der Waals surface area contributed by atoms with Gasteiger partial charge in [0, 0.05) is 5.39 Å². The lowest BCUT2D eigenvalue weighted by Gasteiger charge is -2.38. The molecule has 4 aromatic rings. The Balaban J connectivity index is 1.38. The second kappa shape index (κ2) is 7.39. The van der Waals surface area contributed by atoms with Gasteiger partial charge in [0.05, 0.1) is 23.7 Å². The number of aryl methyl sites for hydroxylation is 1. The monoisotopic (exact) mass is 438 g/mol. The van der Waals surface area contributed by atoms with E-state index in [2.05, 4.69) is 44.2 Å². The van der Waals surface area contributed by atoms with Crippen molar-refractivity contribution in [1.82, 2.24) is 9.78 Å². The molecule has 3 aromatic carbocycles. The van der Waals surface area contributed by atoms with Gasteiger partial charge in [-0.3, -0.25) is 0 Å². The first-order chi connectivity index (χ1) is 16.0. The van der Waals surface area contributed by atoms with E-state index in [0.717, 1.165) is 41.6 Å². The van der Waals surface area contributed by atoms with Crippen LogP contribution in [0.15, 0.2) is 72.4 Å². The molecule has 3 nitrogen and oxygen atoms in total. The maximum absolute atomic E-state index is 14.4. The zero-order valence-corrected chi connectivity index (χ0v) is 18.9. The summed E-state index contributed by atoms with van der Waals surface area (Å²) in [7, 11) is 0. The molecule has 6 rings (SSSR count). The van der Waals surface area contributed by atoms with E-state index in [4.69, 9.17) is 5.10 Å². The van der Waals surface area contributed by atoms with Gasteiger partial charge in [-0.25, -0.2) is 9.07 Å². The predicted molar refractivity (Wildman–Crippen MR) is 130 cm³/mol. The molecule has 1 saturated carbocycles. The highest BCUT2D eigenvalue weighted by atomic mass is 19.1.